The molecular weight excluding hydrogens is 491 g/mol. The number of thioether (sulfide) groups is 1. The maximum Gasteiger partial charge on any atom is 0.241 e. The normalized spacial score (nSPS) is 14.9. The molecule has 0 saturated carbocycles. The van der Waals surface area contributed by atoms with Gasteiger partial charge in [0, 0.05) is 39.6 Å². The predicted octanol–water partition coefficient (Wildman–Crippen LogP) is 5.61. The Morgan fingerprint density at radius 3 is 2.76 bits per heavy atom. The van der Waals surface area contributed by atoms with E-state index in [0.717, 1.165) is 54.1 Å². The third-order valence-electron chi connectivity index (χ3n) is 5.99. The summed E-state index contributed by atoms with van der Waals surface area (Å²) in [5, 5.41) is 8.54. The number of carbonyl (C=O) groups excluding carboxylic acids is 1. The highest BCUT2D eigenvalue weighted by Gasteiger charge is 2.26. The van der Waals surface area contributed by atoms with Crippen molar-refractivity contribution in [3.05, 3.63) is 69.5 Å². The van der Waals surface area contributed by atoms with Crippen LogP contribution in [-0.2, 0) is 17.1 Å². The quantitative estimate of drug-likeness (QED) is 0.371. The van der Waals surface area contributed by atoms with Crippen LogP contribution in [0, 0.1) is 12.8 Å². The number of benzene rings is 2. The summed E-state index contributed by atoms with van der Waals surface area (Å²) in [6, 6.07) is 13.6. The lowest BCUT2D eigenvalue weighted by Crippen LogP contribution is -2.40. The zero-order valence-electron chi connectivity index (χ0n) is 19.1. The third-order valence-corrected chi connectivity index (χ3v) is 7.58. The number of aryl methyl sites for hydroxylation is 1. The number of nitrogens with one attached hydrogen (secondary N) is 1. The molecule has 4 rings (SSSR count). The summed E-state index contributed by atoms with van der Waals surface area (Å²) in [5.74, 6) is 3.06. The van der Waals surface area contributed by atoms with Crippen molar-refractivity contribution in [2.24, 2.45) is 5.92 Å². The number of hydrogen-bond acceptors (Lipinski definition) is 6. The fourth-order valence-corrected chi connectivity index (χ4v) is 5.43. The zero-order chi connectivity index (χ0) is 23.9. The van der Waals surface area contributed by atoms with Crippen LogP contribution in [0.3, 0.4) is 0 Å². The van der Waals surface area contributed by atoms with Crippen LogP contribution in [0.2, 0.25) is 10.0 Å². The summed E-state index contributed by atoms with van der Waals surface area (Å²) < 4.78 is 5.47. The molecule has 1 aliphatic rings. The molecule has 1 N–H and O–H groups in total. The minimum absolute atomic E-state index is 0.0529. The maximum atomic E-state index is 12.6. The van der Waals surface area contributed by atoms with Gasteiger partial charge in [-0.3, -0.25) is 9.69 Å². The van der Waals surface area contributed by atoms with Gasteiger partial charge >= 0.3 is 0 Å². The second-order valence-corrected chi connectivity index (χ2v) is 10.4. The third kappa shape index (κ3) is 6.75. The van der Waals surface area contributed by atoms with E-state index >= 15 is 0 Å². The fourth-order valence-electron chi connectivity index (χ4n) is 4.01. The van der Waals surface area contributed by atoms with Gasteiger partial charge in [0.1, 0.15) is 0 Å². The van der Waals surface area contributed by atoms with E-state index in [-0.39, 0.29) is 11.8 Å². The number of carbonyl (C=O) groups is 1. The highest BCUT2D eigenvalue weighted by molar-refractivity contribution is 7.98. The van der Waals surface area contributed by atoms with Crippen LogP contribution in [0.15, 0.2) is 47.0 Å². The van der Waals surface area contributed by atoms with E-state index in [4.69, 9.17) is 27.7 Å². The van der Waals surface area contributed by atoms with Gasteiger partial charge in [-0.25, -0.2) is 0 Å². The number of nitrogens with zero attached hydrogens (tertiary/aromatic N) is 3. The summed E-state index contributed by atoms with van der Waals surface area (Å²) >= 11 is 13.9. The van der Waals surface area contributed by atoms with Crippen LogP contribution in [0.1, 0.15) is 29.9 Å². The van der Waals surface area contributed by atoms with Crippen molar-refractivity contribution in [1.82, 2.24) is 20.4 Å². The molecule has 1 amide bonds. The van der Waals surface area contributed by atoms with Gasteiger partial charge < -0.3 is 9.84 Å². The second-order valence-electron chi connectivity index (χ2n) is 8.46. The van der Waals surface area contributed by atoms with Crippen molar-refractivity contribution in [1.29, 1.82) is 0 Å². The number of piperidine rings is 1. The molecule has 9 heteroatoms. The Morgan fingerprint density at radius 1 is 1.21 bits per heavy atom. The van der Waals surface area contributed by atoms with Crippen LogP contribution in [-0.4, -0.2) is 46.3 Å². The summed E-state index contributed by atoms with van der Waals surface area (Å²) in [7, 11) is 0. The molecular formula is C25H28Cl2N4O2S. The van der Waals surface area contributed by atoms with Crippen molar-refractivity contribution in [3.8, 4) is 11.4 Å². The average molecular weight is 519 g/mol. The number of hydrogen-bond donors (Lipinski definition) is 1. The number of likely N-dealkylation sites (tertiary alicyclic amines) is 1. The zero-order valence-corrected chi connectivity index (χ0v) is 21.4. The van der Waals surface area contributed by atoms with Gasteiger partial charge in [0.25, 0.3) is 0 Å². The number of amides is 1. The standard InChI is InChI=1S/C25H28Cl2N4O2S/c1-17-4-2-3-5-21(17)24-29-23(33-30-24)15-31-11-8-18(9-12-31)25(32)28-10-13-34-16-19-6-7-20(26)14-22(19)27/h2-7,14,18H,8-13,15-16H2,1H3,(H,28,32). The molecule has 3 aromatic rings. The van der Waals surface area contributed by atoms with E-state index in [1.807, 2.05) is 43.3 Å². The van der Waals surface area contributed by atoms with Crippen LogP contribution < -0.4 is 5.32 Å². The van der Waals surface area contributed by atoms with Gasteiger partial charge in [0.05, 0.1) is 6.54 Å². The molecule has 0 aliphatic carbocycles. The molecule has 1 saturated heterocycles. The highest BCUT2D eigenvalue weighted by Crippen LogP contribution is 2.25. The van der Waals surface area contributed by atoms with Gasteiger partial charge in [0.15, 0.2) is 0 Å². The predicted molar refractivity (Wildman–Crippen MR) is 138 cm³/mol. The van der Waals surface area contributed by atoms with Crippen LogP contribution in [0.25, 0.3) is 11.4 Å². The van der Waals surface area contributed by atoms with Crippen molar-refractivity contribution in [2.75, 3.05) is 25.4 Å². The minimum atomic E-state index is 0.0529. The van der Waals surface area contributed by atoms with E-state index in [1.54, 1.807) is 17.8 Å². The molecule has 1 fully saturated rings. The first kappa shape index (κ1) is 25.0. The summed E-state index contributed by atoms with van der Waals surface area (Å²) in [6.07, 6.45) is 1.66. The highest BCUT2D eigenvalue weighted by atomic mass is 35.5. The van der Waals surface area contributed by atoms with Crippen molar-refractivity contribution < 1.29 is 9.32 Å². The molecule has 0 spiro atoms. The van der Waals surface area contributed by atoms with E-state index in [9.17, 15) is 4.79 Å². The number of halogens is 2. The van der Waals surface area contributed by atoms with Crippen LogP contribution >= 0.6 is 35.0 Å². The molecule has 0 atom stereocenters. The first-order valence-electron chi connectivity index (χ1n) is 11.4. The molecule has 1 aromatic heterocycles. The molecule has 2 heterocycles. The topological polar surface area (TPSA) is 71.3 Å². The summed E-state index contributed by atoms with van der Waals surface area (Å²) in [6.45, 7) is 4.97. The lowest BCUT2D eigenvalue weighted by atomic mass is 9.96. The Kier molecular flexibility index (Phi) is 8.89. The van der Waals surface area contributed by atoms with E-state index in [1.165, 1.54) is 0 Å². The molecule has 0 unspecified atom stereocenters. The molecule has 34 heavy (non-hydrogen) atoms. The van der Waals surface area contributed by atoms with E-state index in [2.05, 4.69) is 20.4 Å². The monoisotopic (exact) mass is 518 g/mol. The fraction of sp³-hybridized carbons (Fsp3) is 0.400. The molecule has 180 valence electrons. The van der Waals surface area contributed by atoms with Crippen LogP contribution in [0.5, 0.6) is 0 Å². The van der Waals surface area contributed by atoms with E-state index in [0.29, 0.717) is 34.8 Å². The Morgan fingerprint density at radius 2 is 2.00 bits per heavy atom. The van der Waals surface area contributed by atoms with Crippen LogP contribution in [0.4, 0.5) is 0 Å². The lowest BCUT2D eigenvalue weighted by Gasteiger charge is -2.30. The second kappa shape index (κ2) is 12.1. The first-order chi connectivity index (χ1) is 16.5. The van der Waals surface area contributed by atoms with E-state index < -0.39 is 0 Å². The Labute approximate surface area is 214 Å². The molecule has 0 radical (unpaired) electrons. The van der Waals surface area contributed by atoms with Crippen molar-refractivity contribution in [2.45, 2.75) is 32.1 Å². The number of aromatic nitrogens is 2. The molecule has 1 aliphatic heterocycles. The summed E-state index contributed by atoms with van der Waals surface area (Å²) in [4.78, 5) is 19.4. The SMILES string of the molecule is Cc1ccccc1-c1noc(CN2CCC(C(=O)NCCSCc3ccc(Cl)cc3Cl)CC2)n1. The van der Waals surface area contributed by atoms with Crippen molar-refractivity contribution >= 4 is 40.9 Å². The minimum Gasteiger partial charge on any atom is -0.355 e. The van der Waals surface area contributed by atoms with Gasteiger partial charge in [-0.05, 0) is 56.1 Å². The molecule has 6 nitrogen and oxygen atoms in total. The molecule has 2 aromatic carbocycles. The number of rotatable bonds is 9. The van der Waals surface area contributed by atoms with Gasteiger partial charge in [-0.2, -0.15) is 16.7 Å². The van der Waals surface area contributed by atoms with Gasteiger partial charge in [-0.15, -0.1) is 0 Å². The van der Waals surface area contributed by atoms with Crippen molar-refractivity contribution in [3.63, 3.8) is 0 Å². The van der Waals surface area contributed by atoms with Gasteiger partial charge in [0.2, 0.25) is 17.6 Å². The summed E-state index contributed by atoms with van der Waals surface area (Å²) in [5.41, 5.74) is 3.16. The molecule has 0 bridgehead atoms. The van der Waals surface area contributed by atoms with Gasteiger partial charge in [-0.1, -0.05) is 58.7 Å². The average Bonchev–Trinajstić information content (AvgIpc) is 3.29. The lowest BCUT2D eigenvalue weighted by molar-refractivity contribution is -0.126. The smallest absolute Gasteiger partial charge is 0.241 e. The largest absolute Gasteiger partial charge is 0.355 e. The maximum absolute atomic E-state index is 12.6. The Bertz CT molecular complexity index is 1120. The Hall–Kier alpha value is -2.06. The Balaban J connectivity index is 1.15. The first-order valence-corrected chi connectivity index (χ1v) is 13.3.